The van der Waals surface area contributed by atoms with Crippen LogP contribution in [0.25, 0.3) is 0 Å². The molecule has 2 aromatic rings. The summed E-state index contributed by atoms with van der Waals surface area (Å²) in [7, 11) is 0. The zero-order valence-corrected chi connectivity index (χ0v) is 13.9. The third-order valence-corrected chi connectivity index (χ3v) is 5.08. The zero-order chi connectivity index (χ0) is 16.5. The van der Waals surface area contributed by atoms with Gasteiger partial charge in [0.1, 0.15) is 0 Å². The summed E-state index contributed by atoms with van der Waals surface area (Å²) >= 11 is 0. The number of carbonyl (C=O) groups is 1. The predicted octanol–water partition coefficient (Wildman–Crippen LogP) is 4.70. The molecule has 0 saturated carbocycles. The smallest absolute Gasteiger partial charge is 0.163 e. The summed E-state index contributed by atoms with van der Waals surface area (Å²) in [5.74, 6) is 0.525. The average molecular weight is 318 g/mol. The summed E-state index contributed by atoms with van der Waals surface area (Å²) in [4.78, 5) is 12.9. The van der Waals surface area contributed by atoms with E-state index in [9.17, 15) is 4.79 Å². The summed E-state index contributed by atoms with van der Waals surface area (Å²) in [6.07, 6.45) is 2.38. The fourth-order valence-corrected chi connectivity index (χ4v) is 3.86. The minimum atomic E-state index is 0.0837. The first-order valence-corrected chi connectivity index (χ1v) is 8.70. The maximum atomic E-state index is 12.9. The van der Waals surface area contributed by atoms with E-state index >= 15 is 0 Å². The van der Waals surface area contributed by atoms with Gasteiger partial charge < -0.3 is 10.6 Å². The van der Waals surface area contributed by atoms with Gasteiger partial charge in [0.25, 0.3) is 0 Å². The van der Waals surface area contributed by atoms with Crippen molar-refractivity contribution >= 4 is 17.2 Å². The minimum Gasteiger partial charge on any atom is -0.376 e. The maximum absolute atomic E-state index is 12.9. The number of nitrogens with one attached hydrogen (secondary N) is 2. The van der Waals surface area contributed by atoms with Crippen molar-refractivity contribution in [3.8, 4) is 0 Å². The lowest BCUT2D eigenvalue weighted by Crippen LogP contribution is -2.31. The van der Waals surface area contributed by atoms with Crippen molar-refractivity contribution in [3.63, 3.8) is 0 Å². The summed E-state index contributed by atoms with van der Waals surface area (Å²) < 4.78 is 0. The average Bonchev–Trinajstić information content (AvgIpc) is 2.78. The molecule has 0 spiro atoms. The van der Waals surface area contributed by atoms with Gasteiger partial charge in [0, 0.05) is 17.7 Å². The number of hydrogen-bond acceptors (Lipinski definition) is 3. The molecule has 0 radical (unpaired) electrons. The number of para-hydroxylation sites is 2. The fraction of sp³-hybridized carbons (Fsp3) is 0.286. The van der Waals surface area contributed by atoms with Gasteiger partial charge in [-0.15, -0.1) is 0 Å². The number of allylic oxidation sites excluding steroid dienone is 1. The Balaban J connectivity index is 1.74. The molecule has 2 aliphatic rings. The highest BCUT2D eigenvalue weighted by atomic mass is 16.1. The van der Waals surface area contributed by atoms with E-state index in [-0.39, 0.29) is 17.7 Å². The second kappa shape index (κ2) is 6.16. The van der Waals surface area contributed by atoms with Gasteiger partial charge in [-0.05, 0) is 36.5 Å². The van der Waals surface area contributed by atoms with Gasteiger partial charge in [-0.3, -0.25) is 4.79 Å². The SMILES string of the molecule is CC[C@H]1Nc2ccccc2NC2=C1C(=O)C[C@@H](c1ccccc1)C2. The number of rotatable bonds is 2. The molecule has 0 aromatic heterocycles. The Hall–Kier alpha value is -2.55. The van der Waals surface area contributed by atoms with E-state index in [1.54, 1.807) is 0 Å². The molecule has 1 aliphatic heterocycles. The molecule has 2 aromatic carbocycles. The molecule has 4 rings (SSSR count). The molecule has 122 valence electrons. The zero-order valence-electron chi connectivity index (χ0n) is 13.9. The molecule has 0 unspecified atom stereocenters. The fourth-order valence-electron chi connectivity index (χ4n) is 3.86. The van der Waals surface area contributed by atoms with Crippen LogP contribution in [0.2, 0.25) is 0 Å². The standard InChI is InChI=1S/C21H22N2O/c1-2-16-21-19(23-18-11-7-6-10-17(18)22-16)12-15(13-20(21)24)14-8-4-3-5-9-14/h3-11,15-16,22-23H,2,12-13H2,1H3/t15-,16+/m0/s1. The van der Waals surface area contributed by atoms with Crippen LogP contribution in [-0.4, -0.2) is 11.8 Å². The summed E-state index contributed by atoms with van der Waals surface area (Å²) in [6.45, 7) is 2.13. The number of benzene rings is 2. The highest BCUT2D eigenvalue weighted by Gasteiger charge is 2.34. The van der Waals surface area contributed by atoms with E-state index in [0.29, 0.717) is 6.42 Å². The van der Waals surface area contributed by atoms with Crippen molar-refractivity contribution in [3.05, 3.63) is 71.4 Å². The number of carbonyl (C=O) groups excluding carboxylic acids is 1. The second-order valence-corrected chi connectivity index (χ2v) is 6.61. The van der Waals surface area contributed by atoms with Gasteiger partial charge >= 0.3 is 0 Å². The van der Waals surface area contributed by atoms with Crippen LogP contribution in [0.15, 0.2) is 65.9 Å². The number of ketones is 1. The first-order chi connectivity index (χ1) is 11.8. The van der Waals surface area contributed by atoms with E-state index < -0.39 is 0 Å². The van der Waals surface area contributed by atoms with Crippen LogP contribution in [0.5, 0.6) is 0 Å². The third kappa shape index (κ3) is 2.60. The van der Waals surface area contributed by atoms with Gasteiger partial charge in [0.15, 0.2) is 5.78 Å². The molecule has 0 amide bonds. The van der Waals surface area contributed by atoms with Gasteiger partial charge in [-0.2, -0.15) is 0 Å². The van der Waals surface area contributed by atoms with Gasteiger partial charge in [-0.25, -0.2) is 0 Å². The van der Waals surface area contributed by atoms with Crippen molar-refractivity contribution in [2.45, 2.75) is 38.1 Å². The normalized spacial score (nSPS) is 22.8. The van der Waals surface area contributed by atoms with Crippen LogP contribution in [0.1, 0.15) is 37.7 Å². The van der Waals surface area contributed by atoms with E-state index in [0.717, 1.165) is 35.5 Å². The van der Waals surface area contributed by atoms with Crippen LogP contribution in [0, 0.1) is 0 Å². The molecule has 24 heavy (non-hydrogen) atoms. The Morgan fingerprint density at radius 2 is 1.67 bits per heavy atom. The highest BCUT2D eigenvalue weighted by molar-refractivity contribution is 6.01. The lowest BCUT2D eigenvalue weighted by atomic mass is 9.79. The molecule has 0 saturated heterocycles. The molecule has 3 heteroatoms. The van der Waals surface area contributed by atoms with Crippen molar-refractivity contribution in [2.75, 3.05) is 10.6 Å². The molecule has 0 bridgehead atoms. The number of fused-ring (bicyclic) bond motifs is 1. The van der Waals surface area contributed by atoms with E-state index in [1.807, 2.05) is 18.2 Å². The van der Waals surface area contributed by atoms with Crippen LogP contribution in [0.3, 0.4) is 0 Å². The monoisotopic (exact) mass is 318 g/mol. The number of hydrogen-bond donors (Lipinski definition) is 2. The summed E-state index contributed by atoms with van der Waals surface area (Å²) in [5, 5.41) is 7.10. The summed E-state index contributed by atoms with van der Waals surface area (Å²) in [5.41, 5.74) is 5.41. The Kier molecular flexibility index (Phi) is 3.85. The number of Topliss-reactive ketones (excluding diaryl/α,β-unsaturated/α-hetero) is 1. The van der Waals surface area contributed by atoms with E-state index in [4.69, 9.17) is 0 Å². The topological polar surface area (TPSA) is 41.1 Å². The summed E-state index contributed by atoms with van der Waals surface area (Å²) in [6, 6.07) is 18.7. The van der Waals surface area contributed by atoms with Crippen LogP contribution in [0.4, 0.5) is 11.4 Å². The molecule has 2 N–H and O–H groups in total. The van der Waals surface area contributed by atoms with Gasteiger partial charge in [-0.1, -0.05) is 49.4 Å². The van der Waals surface area contributed by atoms with E-state index in [1.165, 1.54) is 5.56 Å². The molecule has 1 aliphatic carbocycles. The highest BCUT2D eigenvalue weighted by Crippen LogP contribution is 2.40. The Morgan fingerprint density at radius 1 is 0.958 bits per heavy atom. The van der Waals surface area contributed by atoms with Crippen molar-refractivity contribution in [1.29, 1.82) is 0 Å². The van der Waals surface area contributed by atoms with Crippen molar-refractivity contribution in [2.24, 2.45) is 0 Å². The molecule has 0 fully saturated rings. The second-order valence-electron chi connectivity index (χ2n) is 6.61. The van der Waals surface area contributed by atoms with Crippen LogP contribution >= 0.6 is 0 Å². The maximum Gasteiger partial charge on any atom is 0.163 e. The first kappa shape index (κ1) is 15.0. The van der Waals surface area contributed by atoms with Crippen LogP contribution in [-0.2, 0) is 4.79 Å². The Labute approximate surface area is 142 Å². The largest absolute Gasteiger partial charge is 0.376 e. The molecular formula is C21H22N2O. The molecule has 3 nitrogen and oxygen atoms in total. The van der Waals surface area contributed by atoms with Crippen molar-refractivity contribution < 1.29 is 4.79 Å². The van der Waals surface area contributed by atoms with Crippen molar-refractivity contribution in [1.82, 2.24) is 0 Å². The minimum absolute atomic E-state index is 0.0837. The molecule has 2 atom stereocenters. The first-order valence-electron chi connectivity index (χ1n) is 8.70. The molecule has 1 heterocycles. The van der Waals surface area contributed by atoms with Gasteiger partial charge in [0.05, 0.1) is 17.4 Å². The van der Waals surface area contributed by atoms with Crippen LogP contribution < -0.4 is 10.6 Å². The predicted molar refractivity (Wildman–Crippen MR) is 98.2 cm³/mol. The lowest BCUT2D eigenvalue weighted by molar-refractivity contribution is -0.116. The quantitative estimate of drug-likeness (QED) is 0.843. The molecular weight excluding hydrogens is 296 g/mol. The van der Waals surface area contributed by atoms with E-state index in [2.05, 4.69) is 54.0 Å². The van der Waals surface area contributed by atoms with Gasteiger partial charge in [0.2, 0.25) is 0 Å². The Morgan fingerprint density at radius 3 is 2.42 bits per heavy atom. The Bertz CT molecular complexity index is 794. The lowest BCUT2D eigenvalue weighted by Gasteiger charge is -2.29. The number of anilines is 2. The third-order valence-electron chi connectivity index (χ3n) is 5.08.